The van der Waals surface area contributed by atoms with Crippen LogP contribution in [-0.2, 0) is 12.8 Å². The van der Waals surface area contributed by atoms with Gasteiger partial charge in [0.05, 0.1) is 11.2 Å². The van der Waals surface area contributed by atoms with Crippen LogP contribution in [0.2, 0.25) is 0 Å². The SMILES string of the molecule is Nc1nc2c(s1)CCN(CC=Cn1c(=O)ccc3ccccc31)CC2. The van der Waals surface area contributed by atoms with E-state index in [0.29, 0.717) is 5.13 Å². The number of hydrogen-bond acceptors (Lipinski definition) is 5. The molecule has 0 saturated carbocycles. The standard InChI is InChI=1S/C19H20N4OS/c20-19-21-15-8-12-22(13-9-17(15)25-19)10-3-11-23-16-5-2-1-4-14(16)6-7-18(23)24/h1-7,11H,8-10,12-13H2,(H2,20,21). The number of pyridine rings is 1. The van der Waals surface area contributed by atoms with E-state index in [1.807, 2.05) is 36.5 Å². The fourth-order valence-electron chi connectivity index (χ4n) is 3.28. The van der Waals surface area contributed by atoms with E-state index in [4.69, 9.17) is 5.73 Å². The van der Waals surface area contributed by atoms with E-state index in [2.05, 4.69) is 16.0 Å². The summed E-state index contributed by atoms with van der Waals surface area (Å²) in [4.78, 5) is 20.3. The summed E-state index contributed by atoms with van der Waals surface area (Å²) in [6.07, 6.45) is 5.88. The van der Waals surface area contributed by atoms with Gasteiger partial charge >= 0.3 is 0 Å². The monoisotopic (exact) mass is 352 g/mol. The molecular weight excluding hydrogens is 332 g/mol. The summed E-state index contributed by atoms with van der Waals surface area (Å²) < 4.78 is 1.71. The Morgan fingerprint density at radius 1 is 1.16 bits per heavy atom. The van der Waals surface area contributed by atoms with Gasteiger partial charge in [0.2, 0.25) is 0 Å². The maximum atomic E-state index is 12.2. The highest BCUT2D eigenvalue weighted by molar-refractivity contribution is 7.15. The molecule has 1 aromatic carbocycles. The highest BCUT2D eigenvalue weighted by Gasteiger charge is 2.16. The van der Waals surface area contributed by atoms with Gasteiger partial charge < -0.3 is 5.73 Å². The van der Waals surface area contributed by atoms with Gasteiger partial charge in [-0.15, -0.1) is 11.3 Å². The molecule has 0 unspecified atom stereocenters. The number of nitrogens with two attached hydrogens (primary N) is 1. The third-order valence-electron chi connectivity index (χ3n) is 4.57. The lowest BCUT2D eigenvalue weighted by atomic mass is 10.2. The number of nitrogen functional groups attached to an aromatic ring is 1. The maximum absolute atomic E-state index is 12.2. The molecule has 6 heteroatoms. The van der Waals surface area contributed by atoms with Crippen LogP contribution in [0.15, 0.2) is 47.3 Å². The molecule has 128 valence electrons. The van der Waals surface area contributed by atoms with Crippen LogP contribution < -0.4 is 11.3 Å². The smallest absolute Gasteiger partial charge is 0.255 e. The van der Waals surface area contributed by atoms with Gasteiger partial charge in [0.1, 0.15) is 0 Å². The van der Waals surface area contributed by atoms with E-state index in [-0.39, 0.29) is 5.56 Å². The predicted molar refractivity (Wildman–Crippen MR) is 104 cm³/mol. The van der Waals surface area contributed by atoms with Crippen LogP contribution in [0, 0.1) is 0 Å². The van der Waals surface area contributed by atoms with E-state index in [9.17, 15) is 4.79 Å². The topological polar surface area (TPSA) is 64.2 Å². The number of hydrogen-bond donors (Lipinski definition) is 1. The van der Waals surface area contributed by atoms with Crippen molar-refractivity contribution < 1.29 is 0 Å². The minimum absolute atomic E-state index is 0.00679. The minimum atomic E-state index is -0.00679. The summed E-state index contributed by atoms with van der Waals surface area (Å²) >= 11 is 1.61. The Morgan fingerprint density at radius 2 is 2.00 bits per heavy atom. The van der Waals surface area contributed by atoms with Gasteiger partial charge in [-0.05, 0) is 23.9 Å². The molecule has 2 N–H and O–H groups in total. The van der Waals surface area contributed by atoms with Gasteiger partial charge in [0, 0.05) is 43.2 Å². The number of thiazole rings is 1. The van der Waals surface area contributed by atoms with Crippen LogP contribution in [0.4, 0.5) is 5.13 Å². The lowest BCUT2D eigenvalue weighted by Gasteiger charge is -2.17. The van der Waals surface area contributed by atoms with Crippen molar-refractivity contribution in [3.8, 4) is 0 Å². The Balaban J connectivity index is 1.48. The van der Waals surface area contributed by atoms with Crippen molar-refractivity contribution in [3.05, 3.63) is 63.4 Å². The van der Waals surface area contributed by atoms with Gasteiger partial charge in [-0.2, -0.15) is 0 Å². The first-order valence-electron chi connectivity index (χ1n) is 8.44. The third kappa shape index (κ3) is 3.36. The molecule has 4 rings (SSSR count). The van der Waals surface area contributed by atoms with Crippen LogP contribution >= 0.6 is 11.3 Å². The average molecular weight is 352 g/mol. The van der Waals surface area contributed by atoms with E-state index in [1.54, 1.807) is 22.0 Å². The largest absolute Gasteiger partial charge is 0.375 e. The second kappa shape index (κ2) is 6.82. The predicted octanol–water partition coefficient (Wildman–Crippen LogP) is 2.61. The molecule has 0 saturated heterocycles. The summed E-state index contributed by atoms with van der Waals surface area (Å²) in [5, 5.41) is 1.74. The molecular formula is C19H20N4OS. The highest BCUT2D eigenvalue weighted by atomic mass is 32.1. The lowest BCUT2D eigenvalue weighted by Crippen LogP contribution is -2.27. The van der Waals surface area contributed by atoms with Crippen molar-refractivity contribution in [2.24, 2.45) is 0 Å². The number of rotatable bonds is 3. The second-order valence-corrected chi connectivity index (χ2v) is 7.32. The molecule has 0 atom stereocenters. The van der Waals surface area contributed by atoms with Crippen molar-refractivity contribution >= 4 is 33.6 Å². The summed E-state index contributed by atoms with van der Waals surface area (Å²) in [7, 11) is 0. The molecule has 0 aliphatic carbocycles. The Hall–Kier alpha value is -2.44. The van der Waals surface area contributed by atoms with Crippen molar-refractivity contribution in [1.82, 2.24) is 14.5 Å². The number of nitrogens with zero attached hydrogens (tertiary/aromatic N) is 3. The summed E-state index contributed by atoms with van der Waals surface area (Å²) in [6.45, 7) is 2.77. The molecule has 3 heterocycles. The first kappa shape index (κ1) is 16.1. The van der Waals surface area contributed by atoms with Crippen molar-refractivity contribution in [2.45, 2.75) is 12.8 Å². The van der Waals surface area contributed by atoms with E-state index in [0.717, 1.165) is 49.1 Å². The number of fused-ring (bicyclic) bond motifs is 2. The molecule has 1 aliphatic rings. The molecule has 3 aromatic rings. The molecule has 0 radical (unpaired) electrons. The number of benzene rings is 1. The second-order valence-electron chi connectivity index (χ2n) is 6.21. The fourth-order valence-corrected chi connectivity index (χ4v) is 4.14. The Morgan fingerprint density at radius 3 is 2.92 bits per heavy atom. The van der Waals surface area contributed by atoms with Crippen molar-refractivity contribution in [1.29, 1.82) is 0 Å². The van der Waals surface area contributed by atoms with Crippen LogP contribution in [-0.4, -0.2) is 34.1 Å². The first-order chi connectivity index (χ1) is 12.2. The Labute approximate surface area is 150 Å². The zero-order valence-corrected chi connectivity index (χ0v) is 14.7. The fraction of sp³-hybridized carbons (Fsp3) is 0.263. The van der Waals surface area contributed by atoms with Gasteiger partial charge in [-0.1, -0.05) is 24.3 Å². The van der Waals surface area contributed by atoms with Gasteiger partial charge in [0.25, 0.3) is 5.56 Å². The maximum Gasteiger partial charge on any atom is 0.255 e. The van der Waals surface area contributed by atoms with Crippen molar-refractivity contribution in [2.75, 3.05) is 25.4 Å². The van der Waals surface area contributed by atoms with Crippen molar-refractivity contribution in [3.63, 3.8) is 0 Å². The van der Waals surface area contributed by atoms with Crippen LogP contribution in [0.25, 0.3) is 17.1 Å². The number of para-hydroxylation sites is 1. The molecule has 0 fully saturated rings. The van der Waals surface area contributed by atoms with E-state index < -0.39 is 0 Å². The van der Waals surface area contributed by atoms with Crippen LogP contribution in [0.3, 0.4) is 0 Å². The summed E-state index contributed by atoms with van der Waals surface area (Å²) in [6, 6.07) is 11.4. The molecule has 5 nitrogen and oxygen atoms in total. The van der Waals surface area contributed by atoms with E-state index in [1.165, 1.54) is 4.88 Å². The van der Waals surface area contributed by atoms with Crippen LogP contribution in [0.5, 0.6) is 0 Å². The molecule has 1 aliphatic heterocycles. The zero-order valence-electron chi connectivity index (χ0n) is 13.9. The van der Waals surface area contributed by atoms with Gasteiger partial charge in [-0.3, -0.25) is 14.3 Å². The number of aromatic nitrogens is 2. The molecule has 25 heavy (non-hydrogen) atoms. The minimum Gasteiger partial charge on any atom is -0.375 e. The zero-order chi connectivity index (χ0) is 17.2. The molecule has 0 amide bonds. The molecule has 0 bridgehead atoms. The Bertz CT molecular complexity index is 963. The molecule has 0 spiro atoms. The lowest BCUT2D eigenvalue weighted by molar-refractivity contribution is 0.318. The summed E-state index contributed by atoms with van der Waals surface area (Å²) in [5.41, 5.74) is 7.88. The highest BCUT2D eigenvalue weighted by Crippen LogP contribution is 2.24. The number of anilines is 1. The Kier molecular flexibility index (Phi) is 4.38. The summed E-state index contributed by atoms with van der Waals surface area (Å²) in [5.74, 6) is 0. The molecule has 2 aromatic heterocycles. The van der Waals surface area contributed by atoms with Gasteiger partial charge in [-0.25, -0.2) is 4.98 Å². The van der Waals surface area contributed by atoms with Gasteiger partial charge in [0.15, 0.2) is 5.13 Å². The van der Waals surface area contributed by atoms with E-state index >= 15 is 0 Å². The average Bonchev–Trinajstić information content (AvgIpc) is 2.88. The third-order valence-corrected chi connectivity index (χ3v) is 5.56. The first-order valence-corrected chi connectivity index (χ1v) is 9.26. The quantitative estimate of drug-likeness (QED) is 0.787. The normalized spacial score (nSPS) is 15.5. The van der Waals surface area contributed by atoms with Crippen LogP contribution in [0.1, 0.15) is 10.6 Å².